The third-order valence-electron chi connectivity index (χ3n) is 5.50. The Bertz CT molecular complexity index is 826. The second-order valence-corrected chi connectivity index (χ2v) is 7.44. The van der Waals surface area contributed by atoms with Crippen molar-refractivity contribution in [2.75, 3.05) is 49.2 Å². The molecule has 2 aromatic rings. The number of aromatic nitrogens is 2. The molecule has 1 aromatic heterocycles. The summed E-state index contributed by atoms with van der Waals surface area (Å²) in [5.41, 5.74) is 0.498. The lowest BCUT2D eigenvalue weighted by molar-refractivity contribution is -0.125. The predicted molar refractivity (Wildman–Crippen MR) is 108 cm³/mol. The van der Waals surface area contributed by atoms with Crippen molar-refractivity contribution in [3.63, 3.8) is 0 Å². The molecule has 2 aliphatic heterocycles. The van der Waals surface area contributed by atoms with E-state index in [0.29, 0.717) is 25.3 Å². The number of ether oxygens (including phenoxy) is 1. The molecule has 2 saturated heterocycles. The Kier molecular flexibility index (Phi) is 6.19. The first kappa shape index (κ1) is 19.6. The molecule has 4 rings (SSSR count). The predicted octanol–water partition coefficient (Wildman–Crippen LogP) is 1.99. The van der Waals surface area contributed by atoms with E-state index in [1.807, 2.05) is 12.1 Å². The van der Waals surface area contributed by atoms with Gasteiger partial charge in [-0.1, -0.05) is 18.2 Å². The van der Waals surface area contributed by atoms with Gasteiger partial charge < -0.3 is 19.9 Å². The Morgan fingerprint density at radius 2 is 1.79 bits per heavy atom. The Balaban J connectivity index is 1.34. The maximum Gasteiger partial charge on any atom is 0.225 e. The Morgan fingerprint density at radius 1 is 1.07 bits per heavy atom. The minimum Gasteiger partial charge on any atom is -0.378 e. The van der Waals surface area contributed by atoms with Crippen LogP contribution in [0.2, 0.25) is 0 Å². The number of carbonyl (C=O) groups is 1. The van der Waals surface area contributed by atoms with E-state index < -0.39 is 0 Å². The molecule has 0 radical (unpaired) electrons. The highest BCUT2D eigenvalue weighted by Crippen LogP contribution is 2.23. The molecule has 3 heterocycles. The van der Waals surface area contributed by atoms with Gasteiger partial charge in [0, 0.05) is 38.3 Å². The van der Waals surface area contributed by atoms with E-state index in [0.717, 1.165) is 44.1 Å². The van der Waals surface area contributed by atoms with Crippen LogP contribution in [0.4, 0.5) is 16.0 Å². The van der Waals surface area contributed by atoms with Crippen LogP contribution in [0.3, 0.4) is 0 Å². The number of rotatable bonds is 5. The molecule has 7 nitrogen and oxygen atoms in total. The lowest BCUT2D eigenvalue weighted by Crippen LogP contribution is -2.43. The van der Waals surface area contributed by atoms with Gasteiger partial charge in [0.25, 0.3) is 0 Å². The van der Waals surface area contributed by atoms with E-state index in [4.69, 9.17) is 4.74 Å². The molecule has 0 bridgehead atoms. The van der Waals surface area contributed by atoms with Crippen molar-refractivity contribution < 1.29 is 13.9 Å². The van der Waals surface area contributed by atoms with Gasteiger partial charge in [0.1, 0.15) is 5.82 Å². The minimum absolute atomic E-state index is 0.0455. The molecule has 2 aliphatic rings. The number of anilines is 2. The second-order valence-electron chi connectivity index (χ2n) is 7.44. The van der Waals surface area contributed by atoms with Crippen molar-refractivity contribution in [1.82, 2.24) is 15.5 Å². The van der Waals surface area contributed by atoms with Crippen LogP contribution in [0.5, 0.6) is 0 Å². The number of benzene rings is 1. The summed E-state index contributed by atoms with van der Waals surface area (Å²) in [5, 5.41) is 11.6. The van der Waals surface area contributed by atoms with Gasteiger partial charge in [0.2, 0.25) is 5.91 Å². The maximum absolute atomic E-state index is 13.7. The summed E-state index contributed by atoms with van der Waals surface area (Å²) in [6, 6.07) is 10.5. The van der Waals surface area contributed by atoms with Crippen molar-refractivity contribution >= 4 is 17.5 Å². The smallest absolute Gasteiger partial charge is 0.225 e. The molecule has 29 heavy (non-hydrogen) atoms. The molecule has 1 aromatic carbocycles. The quantitative estimate of drug-likeness (QED) is 0.829. The van der Waals surface area contributed by atoms with Crippen molar-refractivity contribution in [3.8, 4) is 0 Å². The Labute approximate surface area is 169 Å². The van der Waals surface area contributed by atoms with E-state index in [-0.39, 0.29) is 24.2 Å². The fraction of sp³-hybridized carbons (Fsp3) is 0.476. The standard InChI is InChI=1S/C21H26FN5O2/c22-18-6-2-1-4-16(18)14-23-21(28)17-5-3-9-27(15-17)20-8-7-19(24-25-20)26-10-12-29-13-11-26/h1-2,4,6-8,17H,3,5,9-15H2,(H,23,28)/t17-/m1/s1. The first-order valence-corrected chi connectivity index (χ1v) is 10.1. The SMILES string of the molecule is O=C(NCc1ccccc1F)[C@@H]1CCCN(c2ccc(N3CCOCC3)nn2)C1. The summed E-state index contributed by atoms with van der Waals surface area (Å²) in [6.07, 6.45) is 1.73. The zero-order valence-corrected chi connectivity index (χ0v) is 16.4. The van der Waals surface area contributed by atoms with Crippen molar-refractivity contribution in [2.45, 2.75) is 19.4 Å². The third kappa shape index (κ3) is 4.82. The average Bonchev–Trinajstić information content (AvgIpc) is 2.79. The first-order chi connectivity index (χ1) is 14.2. The van der Waals surface area contributed by atoms with Crippen LogP contribution in [0.25, 0.3) is 0 Å². The van der Waals surface area contributed by atoms with Gasteiger partial charge in [-0.25, -0.2) is 4.39 Å². The number of hydrogen-bond donors (Lipinski definition) is 1. The maximum atomic E-state index is 13.7. The van der Waals surface area contributed by atoms with Crippen LogP contribution >= 0.6 is 0 Å². The van der Waals surface area contributed by atoms with Crippen LogP contribution in [-0.2, 0) is 16.1 Å². The van der Waals surface area contributed by atoms with Gasteiger partial charge >= 0.3 is 0 Å². The van der Waals surface area contributed by atoms with Crippen LogP contribution in [0.15, 0.2) is 36.4 Å². The summed E-state index contributed by atoms with van der Waals surface area (Å²) in [6.45, 7) is 4.70. The monoisotopic (exact) mass is 399 g/mol. The molecule has 1 amide bonds. The molecular weight excluding hydrogens is 373 g/mol. The van der Waals surface area contributed by atoms with E-state index in [1.54, 1.807) is 18.2 Å². The zero-order valence-electron chi connectivity index (χ0n) is 16.4. The molecule has 0 aliphatic carbocycles. The molecule has 0 saturated carbocycles. The summed E-state index contributed by atoms with van der Waals surface area (Å²) < 4.78 is 19.1. The second kappa shape index (κ2) is 9.17. The highest BCUT2D eigenvalue weighted by Gasteiger charge is 2.27. The fourth-order valence-electron chi connectivity index (χ4n) is 3.82. The van der Waals surface area contributed by atoms with Crippen LogP contribution in [0.1, 0.15) is 18.4 Å². The number of halogens is 1. The first-order valence-electron chi connectivity index (χ1n) is 10.1. The molecule has 1 atom stereocenters. The van der Waals surface area contributed by atoms with E-state index in [9.17, 15) is 9.18 Å². The normalized spacial score (nSPS) is 19.8. The van der Waals surface area contributed by atoms with Gasteiger partial charge in [-0.2, -0.15) is 0 Å². The highest BCUT2D eigenvalue weighted by molar-refractivity contribution is 5.79. The van der Waals surface area contributed by atoms with Gasteiger partial charge in [-0.15, -0.1) is 10.2 Å². The van der Waals surface area contributed by atoms with E-state index in [2.05, 4.69) is 25.3 Å². The van der Waals surface area contributed by atoms with Crippen molar-refractivity contribution in [3.05, 3.63) is 47.8 Å². The molecule has 2 fully saturated rings. The lowest BCUT2D eigenvalue weighted by Gasteiger charge is -2.33. The van der Waals surface area contributed by atoms with Gasteiger partial charge in [0.15, 0.2) is 11.6 Å². The van der Waals surface area contributed by atoms with Crippen molar-refractivity contribution in [1.29, 1.82) is 0 Å². The molecule has 0 unspecified atom stereocenters. The fourth-order valence-corrected chi connectivity index (χ4v) is 3.82. The number of nitrogens with zero attached hydrogens (tertiary/aromatic N) is 4. The zero-order chi connectivity index (χ0) is 20.1. The van der Waals surface area contributed by atoms with Crippen LogP contribution in [-0.4, -0.2) is 55.5 Å². The van der Waals surface area contributed by atoms with E-state index in [1.165, 1.54) is 6.07 Å². The number of hydrogen-bond acceptors (Lipinski definition) is 6. The number of carbonyl (C=O) groups excluding carboxylic acids is 1. The number of piperidine rings is 1. The Morgan fingerprint density at radius 3 is 2.52 bits per heavy atom. The van der Waals surface area contributed by atoms with Crippen LogP contribution < -0.4 is 15.1 Å². The minimum atomic E-state index is -0.297. The molecule has 8 heteroatoms. The molecule has 0 spiro atoms. The summed E-state index contributed by atoms with van der Waals surface area (Å²) in [5.74, 6) is 1.16. The van der Waals surface area contributed by atoms with Gasteiger partial charge in [-0.3, -0.25) is 4.79 Å². The molecular formula is C21H26FN5O2. The van der Waals surface area contributed by atoms with Crippen molar-refractivity contribution in [2.24, 2.45) is 5.92 Å². The van der Waals surface area contributed by atoms with Gasteiger partial charge in [-0.05, 0) is 31.0 Å². The summed E-state index contributed by atoms with van der Waals surface area (Å²) in [7, 11) is 0. The summed E-state index contributed by atoms with van der Waals surface area (Å²) in [4.78, 5) is 16.9. The number of amides is 1. The lowest BCUT2D eigenvalue weighted by atomic mass is 9.97. The highest BCUT2D eigenvalue weighted by atomic mass is 19.1. The topological polar surface area (TPSA) is 70.6 Å². The largest absolute Gasteiger partial charge is 0.378 e. The van der Waals surface area contributed by atoms with Crippen LogP contribution in [0, 0.1) is 11.7 Å². The third-order valence-corrected chi connectivity index (χ3v) is 5.50. The number of morpholine rings is 1. The summed E-state index contributed by atoms with van der Waals surface area (Å²) >= 11 is 0. The van der Waals surface area contributed by atoms with E-state index >= 15 is 0 Å². The Hall–Kier alpha value is -2.74. The average molecular weight is 399 g/mol. The van der Waals surface area contributed by atoms with Gasteiger partial charge in [0.05, 0.1) is 19.1 Å². The molecule has 154 valence electrons. The molecule has 1 N–H and O–H groups in total. The number of nitrogens with one attached hydrogen (secondary N) is 1.